The summed E-state index contributed by atoms with van der Waals surface area (Å²) < 4.78 is 13.3. The number of aliphatic hydroxyl groups is 1. The zero-order chi connectivity index (χ0) is 11.5. The SMILES string of the molecule is O=C(NC1CSCC1O)c1ccccc1F. The molecule has 2 rings (SSSR count). The van der Waals surface area contributed by atoms with E-state index in [0.29, 0.717) is 11.5 Å². The molecule has 1 amide bonds. The van der Waals surface area contributed by atoms with Crippen molar-refractivity contribution >= 4 is 17.7 Å². The Balaban J connectivity index is 2.06. The van der Waals surface area contributed by atoms with Crippen molar-refractivity contribution in [2.45, 2.75) is 12.1 Å². The number of hydrogen-bond donors (Lipinski definition) is 2. The van der Waals surface area contributed by atoms with Crippen LogP contribution in [0.25, 0.3) is 0 Å². The molecule has 1 saturated heterocycles. The van der Waals surface area contributed by atoms with Crippen molar-refractivity contribution in [2.24, 2.45) is 0 Å². The van der Waals surface area contributed by atoms with Gasteiger partial charge in [0.05, 0.1) is 17.7 Å². The summed E-state index contributed by atoms with van der Waals surface area (Å²) in [5.74, 6) is 0.272. The zero-order valence-electron chi connectivity index (χ0n) is 8.52. The number of halogens is 1. The highest BCUT2D eigenvalue weighted by atomic mass is 32.2. The molecule has 1 heterocycles. The molecular weight excluding hydrogens is 229 g/mol. The van der Waals surface area contributed by atoms with Gasteiger partial charge in [-0.2, -0.15) is 11.8 Å². The second-order valence-electron chi connectivity index (χ2n) is 3.66. The predicted molar refractivity (Wildman–Crippen MR) is 61.0 cm³/mol. The fourth-order valence-corrected chi connectivity index (χ4v) is 2.74. The molecule has 3 nitrogen and oxygen atoms in total. The average molecular weight is 241 g/mol. The quantitative estimate of drug-likeness (QED) is 0.813. The number of amides is 1. The molecule has 16 heavy (non-hydrogen) atoms. The fourth-order valence-electron chi connectivity index (χ4n) is 1.57. The van der Waals surface area contributed by atoms with Crippen molar-refractivity contribution in [3.8, 4) is 0 Å². The molecule has 86 valence electrons. The van der Waals surface area contributed by atoms with Crippen molar-refractivity contribution in [1.82, 2.24) is 5.32 Å². The van der Waals surface area contributed by atoms with Crippen LogP contribution >= 0.6 is 11.8 Å². The first-order chi connectivity index (χ1) is 7.68. The summed E-state index contributed by atoms with van der Waals surface area (Å²) in [6.07, 6.45) is -0.541. The van der Waals surface area contributed by atoms with E-state index in [9.17, 15) is 14.3 Å². The number of benzene rings is 1. The molecule has 5 heteroatoms. The highest BCUT2D eigenvalue weighted by molar-refractivity contribution is 7.99. The Morgan fingerprint density at radius 2 is 2.19 bits per heavy atom. The number of thioether (sulfide) groups is 1. The Morgan fingerprint density at radius 3 is 2.81 bits per heavy atom. The summed E-state index contributed by atoms with van der Waals surface area (Å²) in [6, 6.07) is 5.54. The van der Waals surface area contributed by atoms with E-state index in [4.69, 9.17) is 0 Å². The Kier molecular flexibility index (Phi) is 3.46. The van der Waals surface area contributed by atoms with E-state index in [2.05, 4.69) is 5.32 Å². The average Bonchev–Trinajstić information content (AvgIpc) is 2.65. The molecule has 2 N–H and O–H groups in total. The van der Waals surface area contributed by atoms with Crippen LogP contribution in [0.3, 0.4) is 0 Å². The van der Waals surface area contributed by atoms with E-state index < -0.39 is 17.8 Å². The number of nitrogens with one attached hydrogen (secondary N) is 1. The lowest BCUT2D eigenvalue weighted by Crippen LogP contribution is -2.42. The largest absolute Gasteiger partial charge is 0.390 e. The van der Waals surface area contributed by atoms with Crippen LogP contribution in [-0.2, 0) is 0 Å². The Hall–Kier alpha value is -1.07. The van der Waals surface area contributed by atoms with E-state index in [1.54, 1.807) is 17.8 Å². The summed E-state index contributed by atoms with van der Waals surface area (Å²) in [7, 11) is 0. The van der Waals surface area contributed by atoms with Gasteiger partial charge in [-0.15, -0.1) is 0 Å². The third kappa shape index (κ3) is 2.36. The lowest BCUT2D eigenvalue weighted by atomic mass is 10.1. The zero-order valence-corrected chi connectivity index (χ0v) is 9.34. The third-order valence-corrected chi connectivity index (χ3v) is 3.66. The lowest BCUT2D eigenvalue weighted by Gasteiger charge is -2.15. The number of carbonyl (C=O) groups is 1. The summed E-state index contributed by atoms with van der Waals surface area (Å²) >= 11 is 1.57. The van der Waals surface area contributed by atoms with Crippen molar-refractivity contribution in [1.29, 1.82) is 0 Å². The summed E-state index contributed by atoms with van der Waals surface area (Å²) in [5.41, 5.74) is 0.0200. The van der Waals surface area contributed by atoms with Crippen LogP contribution < -0.4 is 5.32 Å². The number of hydrogen-bond acceptors (Lipinski definition) is 3. The molecular formula is C11H12FNO2S. The first-order valence-electron chi connectivity index (χ1n) is 4.99. The first-order valence-corrected chi connectivity index (χ1v) is 6.15. The molecule has 0 radical (unpaired) electrons. The van der Waals surface area contributed by atoms with Gasteiger partial charge < -0.3 is 10.4 Å². The van der Waals surface area contributed by atoms with Gasteiger partial charge in [-0.1, -0.05) is 12.1 Å². The maximum Gasteiger partial charge on any atom is 0.254 e. The monoisotopic (exact) mass is 241 g/mol. The molecule has 0 spiro atoms. The Morgan fingerprint density at radius 1 is 1.44 bits per heavy atom. The summed E-state index contributed by atoms with van der Waals surface area (Å²) in [4.78, 5) is 11.7. The number of aliphatic hydroxyl groups excluding tert-OH is 1. The predicted octanol–water partition coefficient (Wildman–Crippen LogP) is 1.03. The molecule has 0 aliphatic carbocycles. The van der Waals surface area contributed by atoms with Crippen LogP contribution in [0, 0.1) is 5.82 Å². The van der Waals surface area contributed by atoms with Crippen LogP contribution in [0.4, 0.5) is 4.39 Å². The molecule has 0 saturated carbocycles. The van der Waals surface area contributed by atoms with E-state index in [1.165, 1.54) is 18.2 Å². The third-order valence-electron chi connectivity index (χ3n) is 2.49. The molecule has 1 aromatic rings. The van der Waals surface area contributed by atoms with Crippen LogP contribution in [0.5, 0.6) is 0 Å². The number of carbonyl (C=O) groups excluding carboxylic acids is 1. The van der Waals surface area contributed by atoms with Gasteiger partial charge in [0.25, 0.3) is 5.91 Å². The van der Waals surface area contributed by atoms with Crippen LogP contribution in [0.2, 0.25) is 0 Å². The highest BCUT2D eigenvalue weighted by Gasteiger charge is 2.27. The second kappa shape index (κ2) is 4.84. The van der Waals surface area contributed by atoms with Gasteiger partial charge in [-0.3, -0.25) is 4.79 Å². The molecule has 1 aliphatic rings. The molecule has 1 aromatic carbocycles. The molecule has 2 atom stereocenters. The maximum absolute atomic E-state index is 13.3. The number of rotatable bonds is 2. The molecule has 0 aromatic heterocycles. The molecule has 1 aliphatic heterocycles. The van der Waals surface area contributed by atoms with Gasteiger partial charge >= 0.3 is 0 Å². The minimum atomic E-state index is -0.542. The van der Waals surface area contributed by atoms with E-state index in [-0.39, 0.29) is 11.6 Å². The Bertz CT molecular complexity index is 399. The van der Waals surface area contributed by atoms with E-state index in [1.807, 2.05) is 0 Å². The van der Waals surface area contributed by atoms with Crippen molar-refractivity contribution in [3.05, 3.63) is 35.6 Å². The minimum absolute atomic E-state index is 0.0200. The standard InChI is InChI=1S/C11H12FNO2S/c12-8-4-2-1-3-7(8)11(15)13-9-5-16-6-10(9)14/h1-4,9-10,14H,5-6H2,(H,13,15). The van der Waals surface area contributed by atoms with Gasteiger partial charge in [-0.25, -0.2) is 4.39 Å². The van der Waals surface area contributed by atoms with Gasteiger partial charge in [0.2, 0.25) is 0 Å². The van der Waals surface area contributed by atoms with Crippen molar-refractivity contribution in [3.63, 3.8) is 0 Å². The topological polar surface area (TPSA) is 49.3 Å². The summed E-state index contributed by atoms with van der Waals surface area (Å²) in [5, 5.41) is 12.2. The normalized spacial score (nSPS) is 24.4. The first kappa shape index (κ1) is 11.4. The summed E-state index contributed by atoms with van der Waals surface area (Å²) in [6.45, 7) is 0. The second-order valence-corrected chi connectivity index (χ2v) is 4.74. The van der Waals surface area contributed by atoms with Gasteiger partial charge in [-0.05, 0) is 12.1 Å². The van der Waals surface area contributed by atoms with Crippen molar-refractivity contribution in [2.75, 3.05) is 11.5 Å². The Labute approximate surface area is 97.0 Å². The minimum Gasteiger partial charge on any atom is -0.390 e. The molecule has 1 fully saturated rings. The highest BCUT2D eigenvalue weighted by Crippen LogP contribution is 2.18. The fraction of sp³-hybridized carbons (Fsp3) is 0.364. The van der Waals surface area contributed by atoms with Crippen LogP contribution in [-0.4, -0.2) is 34.7 Å². The van der Waals surface area contributed by atoms with Gasteiger partial charge in [0.1, 0.15) is 5.82 Å². The lowest BCUT2D eigenvalue weighted by molar-refractivity contribution is 0.0885. The van der Waals surface area contributed by atoms with Crippen LogP contribution in [0.15, 0.2) is 24.3 Å². The molecule has 2 unspecified atom stereocenters. The van der Waals surface area contributed by atoms with E-state index in [0.717, 1.165) is 0 Å². The van der Waals surface area contributed by atoms with Crippen molar-refractivity contribution < 1.29 is 14.3 Å². The van der Waals surface area contributed by atoms with Crippen LogP contribution in [0.1, 0.15) is 10.4 Å². The smallest absolute Gasteiger partial charge is 0.254 e. The molecule has 0 bridgehead atoms. The van der Waals surface area contributed by atoms with Gasteiger partial charge in [0.15, 0.2) is 0 Å². The van der Waals surface area contributed by atoms with Gasteiger partial charge in [0, 0.05) is 11.5 Å². The van der Waals surface area contributed by atoms with E-state index >= 15 is 0 Å². The maximum atomic E-state index is 13.3.